The van der Waals surface area contributed by atoms with E-state index < -0.39 is 9.84 Å². The van der Waals surface area contributed by atoms with Crippen molar-refractivity contribution in [2.75, 3.05) is 20.8 Å². The fraction of sp³-hybridized carbons (Fsp3) is 0.375. The van der Waals surface area contributed by atoms with Crippen molar-refractivity contribution in [1.82, 2.24) is 15.0 Å². The van der Waals surface area contributed by atoms with Gasteiger partial charge in [0, 0.05) is 19.4 Å². The van der Waals surface area contributed by atoms with E-state index in [0.717, 1.165) is 11.1 Å². The molecule has 0 spiro atoms. The Kier molecular flexibility index (Phi) is 6.87. The molecule has 1 atom stereocenters. The van der Waals surface area contributed by atoms with Gasteiger partial charge in [-0.15, -0.1) is 0 Å². The van der Waals surface area contributed by atoms with E-state index >= 15 is 0 Å². The van der Waals surface area contributed by atoms with Gasteiger partial charge in [-0.25, -0.2) is 8.42 Å². The number of aromatic nitrogens is 2. The van der Waals surface area contributed by atoms with Crippen LogP contribution in [0.3, 0.4) is 0 Å². The van der Waals surface area contributed by atoms with Gasteiger partial charge < -0.3 is 18.9 Å². The maximum absolute atomic E-state index is 13.0. The highest BCUT2D eigenvalue weighted by Gasteiger charge is 2.29. The van der Waals surface area contributed by atoms with Gasteiger partial charge in [0.1, 0.15) is 5.75 Å². The van der Waals surface area contributed by atoms with Crippen LogP contribution in [-0.4, -0.2) is 50.1 Å². The number of aryl methyl sites for hydroxylation is 1. The van der Waals surface area contributed by atoms with Crippen molar-refractivity contribution >= 4 is 15.7 Å². The Hall–Kier alpha value is -3.40. The number of carbonyl (C=O) groups excluding carboxylic acids is 1. The number of hydrogen-bond acceptors (Lipinski definition) is 8. The van der Waals surface area contributed by atoms with Crippen molar-refractivity contribution in [1.29, 1.82) is 0 Å². The molecule has 1 aromatic heterocycles. The van der Waals surface area contributed by atoms with Crippen molar-refractivity contribution in [3.8, 4) is 11.5 Å². The monoisotopic (exact) mass is 485 g/mol. The molecule has 2 heterocycles. The van der Waals surface area contributed by atoms with Gasteiger partial charge in [-0.2, -0.15) is 4.98 Å². The molecule has 0 aliphatic carbocycles. The molecule has 0 radical (unpaired) electrons. The Morgan fingerprint density at radius 2 is 1.85 bits per heavy atom. The summed E-state index contributed by atoms with van der Waals surface area (Å²) in [5.74, 6) is 1.22. The quantitative estimate of drug-likeness (QED) is 0.478. The van der Waals surface area contributed by atoms with Crippen LogP contribution in [0.2, 0.25) is 0 Å². The lowest BCUT2D eigenvalue weighted by molar-refractivity contribution is -0.133. The first-order chi connectivity index (χ1) is 16.3. The maximum atomic E-state index is 13.0. The summed E-state index contributed by atoms with van der Waals surface area (Å²) in [6.07, 6.45) is 1.13. The van der Waals surface area contributed by atoms with Gasteiger partial charge >= 0.3 is 0 Å². The smallest absolute Gasteiger partial charge is 0.227 e. The van der Waals surface area contributed by atoms with Gasteiger partial charge in [0.2, 0.25) is 11.8 Å². The van der Waals surface area contributed by atoms with Gasteiger partial charge in [0.25, 0.3) is 0 Å². The Balaban J connectivity index is 1.39. The fourth-order valence-corrected chi connectivity index (χ4v) is 5.37. The normalized spacial score (nSPS) is 15.6. The lowest BCUT2D eigenvalue weighted by Gasteiger charge is -2.35. The molecule has 9 nitrogen and oxygen atoms in total. The second-order valence-electron chi connectivity index (χ2n) is 8.10. The minimum absolute atomic E-state index is 0.0374. The molecule has 1 amide bonds. The van der Waals surface area contributed by atoms with E-state index in [0.29, 0.717) is 24.5 Å². The molecular formula is C24H27N3O6S. The second-order valence-corrected chi connectivity index (χ2v) is 10.1. The number of rotatable bonds is 8. The molecule has 0 bridgehead atoms. The summed E-state index contributed by atoms with van der Waals surface area (Å²) in [7, 11) is -0.383. The molecule has 0 N–H and O–H groups in total. The number of benzene rings is 2. The summed E-state index contributed by atoms with van der Waals surface area (Å²) in [6.45, 7) is 2.58. The molecule has 1 aliphatic heterocycles. The first-order valence-corrected chi connectivity index (χ1v) is 12.6. The largest absolute Gasteiger partial charge is 0.493 e. The van der Waals surface area contributed by atoms with Crippen LogP contribution in [0.4, 0.5) is 0 Å². The zero-order valence-electron chi connectivity index (χ0n) is 19.4. The van der Waals surface area contributed by atoms with E-state index in [-0.39, 0.29) is 47.2 Å². The van der Waals surface area contributed by atoms with Crippen LogP contribution in [-0.2, 0) is 33.2 Å². The summed E-state index contributed by atoms with van der Waals surface area (Å²) < 4.78 is 41.0. The van der Waals surface area contributed by atoms with Crippen LogP contribution in [0.15, 0.2) is 51.9 Å². The average Bonchev–Trinajstić information content (AvgIpc) is 3.29. The van der Waals surface area contributed by atoms with Crippen molar-refractivity contribution in [2.45, 2.75) is 42.9 Å². The van der Waals surface area contributed by atoms with E-state index in [1.807, 2.05) is 24.0 Å². The maximum Gasteiger partial charge on any atom is 0.227 e. The average molecular weight is 486 g/mol. The summed E-state index contributed by atoms with van der Waals surface area (Å²) in [5, 5.41) is 3.78. The second kappa shape index (κ2) is 9.84. The number of ether oxygens (including phenoxy) is 2. The molecule has 4 rings (SSSR count). The highest BCUT2D eigenvalue weighted by atomic mass is 32.2. The van der Waals surface area contributed by atoms with E-state index in [4.69, 9.17) is 14.0 Å². The van der Waals surface area contributed by atoms with E-state index in [2.05, 4.69) is 10.1 Å². The van der Waals surface area contributed by atoms with Crippen LogP contribution in [0, 0.1) is 0 Å². The van der Waals surface area contributed by atoms with Crippen molar-refractivity contribution in [3.05, 3.63) is 65.3 Å². The zero-order chi connectivity index (χ0) is 24.3. The first kappa shape index (κ1) is 23.7. The van der Waals surface area contributed by atoms with E-state index in [9.17, 15) is 13.2 Å². The Morgan fingerprint density at radius 1 is 1.15 bits per heavy atom. The Bertz CT molecular complexity index is 1270. The predicted octanol–water partition coefficient (Wildman–Crippen LogP) is 3.14. The molecule has 34 heavy (non-hydrogen) atoms. The van der Waals surface area contributed by atoms with Crippen molar-refractivity contribution in [3.63, 3.8) is 0 Å². The van der Waals surface area contributed by atoms with Gasteiger partial charge in [-0.3, -0.25) is 4.79 Å². The standard InChI is InChI=1S/C24H27N3O6S/c1-16-19-14-21(32-3)20(31-2)13-17(19)11-12-27(16)24(28)10-9-23-25-22(26-33-23)15-34(29,30)18-7-5-4-6-8-18/h4-8,13-14,16H,9-12,15H2,1-3H3/t16-/m1/s1. The highest BCUT2D eigenvalue weighted by Crippen LogP contribution is 2.38. The molecule has 3 aromatic rings. The summed E-state index contributed by atoms with van der Waals surface area (Å²) in [5.41, 5.74) is 2.17. The van der Waals surface area contributed by atoms with Gasteiger partial charge in [-0.05, 0) is 48.7 Å². The minimum Gasteiger partial charge on any atom is -0.493 e. The van der Waals surface area contributed by atoms with Crippen LogP contribution >= 0.6 is 0 Å². The third-order valence-electron chi connectivity index (χ3n) is 5.99. The molecular weight excluding hydrogens is 458 g/mol. The topological polar surface area (TPSA) is 112 Å². The number of fused-ring (bicyclic) bond motifs is 1. The van der Waals surface area contributed by atoms with Gasteiger partial charge in [0.15, 0.2) is 27.2 Å². The van der Waals surface area contributed by atoms with Crippen LogP contribution in [0.25, 0.3) is 0 Å². The van der Waals surface area contributed by atoms with E-state index in [1.54, 1.807) is 32.4 Å². The lowest BCUT2D eigenvalue weighted by Crippen LogP contribution is -2.39. The third kappa shape index (κ3) is 4.91. The number of nitrogens with zero attached hydrogens (tertiary/aromatic N) is 3. The van der Waals surface area contributed by atoms with Crippen molar-refractivity contribution < 1.29 is 27.2 Å². The summed E-state index contributed by atoms with van der Waals surface area (Å²) in [6, 6.07) is 11.9. The minimum atomic E-state index is -3.57. The molecule has 0 fully saturated rings. The summed E-state index contributed by atoms with van der Waals surface area (Å²) in [4.78, 5) is 19.2. The number of hydrogen-bond donors (Lipinski definition) is 0. The molecule has 10 heteroatoms. The highest BCUT2D eigenvalue weighted by molar-refractivity contribution is 7.90. The molecule has 0 saturated carbocycles. The van der Waals surface area contributed by atoms with Crippen molar-refractivity contribution in [2.24, 2.45) is 0 Å². The number of sulfone groups is 1. The van der Waals surface area contributed by atoms with Gasteiger partial charge in [-0.1, -0.05) is 23.4 Å². The van der Waals surface area contributed by atoms with Crippen LogP contribution < -0.4 is 9.47 Å². The van der Waals surface area contributed by atoms with Crippen LogP contribution in [0.1, 0.15) is 42.2 Å². The SMILES string of the molecule is COc1cc2c(cc1OC)[C@@H](C)N(C(=O)CCc1nc(CS(=O)(=O)c3ccccc3)no1)CC2. The predicted molar refractivity (Wildman–Crippen MR) is 123 cm³/mol. The van der Waals surface area contributed by atoms with Crippen LogP contribution in [0.5, 0.6) is 11.5 Å². The molecule has 1 aliphatic rings. The third-order valence-corrected chi connectivity index (χ3v) is 7.62. The van der Waals surface area contributed by atoms with E-state index in [1.165, 1.54) is 12.1 Å². The molecule has 0 saturated heterocycles. The molecule has 0 unspecified atom stereocenters. The zero-order valence-corrected chi connectivity index (χ0v) is 20.2. The number of amides is 1. The fourth-order valence-electron chi connectivity index (χ4n) is 4.17. The lowest BCUT2D eigenvalue weighted by atomic mass is 9.92. The Morgan fingerprint density at radius 3 is 2.56 bits per heavy atom. The number of methoxy groups -OCH3 is 2. The molecule has 180 valence electrons. The molecule has 2 aromatic carbocycles. The first-order valence-electron chi connectivity index (χ1n) is 11.0. The Labute approximate surface area is 198 Å². The number of carbonyl (C=O) groups is 1. The summed E-state index contributed by atoms with van der Waals surface area (Å²) >= 11 is 0. The van der Waals surface area contributed by atoms with Gasteiger partial charge in [0.05, 0.1) is 25.2 Å².